The molecule has 0 aliphatic carbocycles. The predicted octanol–water partition coefficient (Wildman–Crippen LogP) is 3.42. The maximum Gasteiger partial charge on any atom is 0.125 e. The Labute approximate surface area is 124 Å². The van der Waals surface area contributed by atoms with Crippen molar-refractivity contribution in [1.29, 1.82) is 0 Å². The van der Waals surface area contributed by atoms with Crippen LogP contribution in [0.4, 0.5) is 10.1 Å². The molecule has 0 aromatic heterocycles. The van der Waals surface area contributed by atoms with E-state index in [2.05, 4.69) is 34.5 Å². The zero-order chi connectivity index (χ0) is 14.2. The van der Waals surface area contributed by atoms with Crippen molar-refractivity contribution in [1.82, 2.24) is 5.32 Å². The van der Waals surface area contributed by atoms with Crippen LogP contribution < -0.4 is 10.2 Å². The zero-order valence-corrected chi connectivity index (χ0v) is 12.0. The van der Waals surface area contributed by atoms with E-state index in [-0.39, 0.29) is 5.82 Å². The van der Waals surface area contributed by atoms with Crippen LogP contribution >= 0.6 is 0 Å². The molecule has 1 atom stereocenters. The van der Waals surface area contributed by atoms with E-state index in [0.717, 1.165) is 38.2 Å². The zero-order valence-electron chi connectivity index (χ0n) is 12.0. The smallest absolute Gasteiger partial charge is 0.125 e. The van der Waals surface area contributed by atoms with Crippen LogP contribution in [0, 0.1) is 5.82 Å². The Morgan fingerprint density at radius 1 is 1.10 bits per heavy atom. The molecule has 0 saturated heterocycles. The molecule has 0 amide bonds. The summed E-state index contributed by atoms with van der Waals surface area (Å²) in [4.78, 5) is 2.39. The highest BCUT2D eigenvalue weighted by Crippen LogP contribution is 2.38. The molecular formula is C18H19FN2. The quantitative estimate of drug-likeness (QED) is 0.862. The minimum atomic E-state index is -0.138. The molecule has 2 aliphatic rings. The highest BCUT2D eigenvalue weighted by molar-refractivity contribution is 5.60. The van der Waals surface area contributed by atoms with Gasteiger partial charge in [-0.15, -0.1) is 0 Å². The van der Waals surface area contributed by atoms with Crippen molar-refractivity contribution >= 4 is 5.69 Å². The molecule has 2 heterocycles. The van der Waals surface area contributed by atoms with Crippen LogP contribution in [0.15, 0.2) is 42.5 Å². The molecule has 1 unspecified atom stereocenters. The molecule has 0 bridgehead atoms. The normalized spacial score (nSPS) is 20.8. The van der Waals surface area contributed by atoms with Gasteiger partial charge in [-0.25, -0.2) is 4.39 Å². The second-order valence-electron chi connectivity index (χ2n) is 5.90. The van der Waals surface area contributed by atoms with Gasteiger partial charge in [0.1, 0.15) is 5.82 Å². The number of nitrogens with one attached hydrogen (secondary N) is 1. The van der Waals surface area contributed by atoms with Crippen molar-refractivity contribution in [3.63, 3.8) is 0 Å². The number of rotatable bonds is 1. The lowest BCUT2D eigenvalue weighted by molar-refractivity contribution is 0.572. The molecule has 2 aliphatic heterocycles. The number of hydrogen-bond acceptors (Lipinski definition) is 2. The third-order valence-corrected chi connectivity index (χ3v) is 4.68. The van der Waals surface area contributed by atoms with Crippen LogP contribution in [0.5, 0.6) is 0 Å². The average Bonchev–Trinajstić information content (AvgIpc) is 2.79. The van der Waals surface area contributed by atoms with Gasteiger partial charge in [0, 0.05) is 18.8 Å². The Morgan fingerprint density at radius 2 is 2.00 bits per heavy atom. The van der Waals surface area contributed by atoms with E-state index in [4.69, 9.17) is 0 Å². The summed E-state index contributed by atoms with van der Waals surface area (Å²) in [6.45, 7) is 2.91. The summed E-state index contributed by atoms with van der Waals surface area (Å²) >= 11 is 0. The fraction of sp³-hybridized carbons (Fsp3) is 0.333. The maximum atomic E-state index is 13.6. The van der Waals surface area contributed by atoms with Crippen LogP contribution in [-0.2, 0) is 13.0 Å². The molecule has 0 radical (unpaired) electrons. The van der Waals surface area contributed by atoms with E-state index in [1.54, 1.807) is 12.1 Å². The van der Waals surface area contributed by atoms with Gasteiger partial charge < -0.3 is 10.2 Å². The van der Waals surface area contributed by atoms with E-state index in [1.165, 1.54) is 16.7 Å². The largest absolute Gasteiger partial charge is 0.364 e. The Bertz CT molecular complexity index is 668. The molecule has 3 heteroatoms. The molecule has 2 nitrogen and oxygen atoms in total. The molecule has 0 fully saturated rings. The molecule has 0 spiro atoms. The monoisotopic (exact) mass is 282 g/mol. The molecule has 2 aromatic rings. The molecule has 4 rings (SSSR count). The van der Waals surface area contributed by atoms with E-state index >= 15 is 0 Å². The van der Waals surface area contributed by atoms with Gasteiger partial charge in [0.15, 0.2) is 0 Å². The highest BCUT2D eigenvalue weighted by Gasteiger charge is 2.29. The first-order chi connectivity index (χ1) is 10.3. The fourth-order valence-corrected chi connectivity index (χ4v) is 3.66. The first-order valence-electron chi connectivity index (χ1n) is 7.66. The summed E-state index contributed by atoms with van der Waals surface area (Å²) in [5.41, 5.74) is 5.10. The van der Waals surface area contributed by atoms with Crippen molar-refractivity contribution in [2.75, 3.05) is 18.0 Å². The van der Waals surface area contributed by atoms with Gasteiger partial charge in [0.2, 0.25) is 0 Å². The first-order valence-corrected chi connectivity index (χ1v) is 7.66. The van der Waals surface area contributed by atoms with Crippen molar-refractivity contribution in [3.8, 4) is 0 Å². The van der Waals surface area contributed by atoms with Crippen molar-refractivity contribution < 1.29 is 4.39 Å². The van der Waals surface area contributed by atoms with E-state index in [0.29, 0.717) is 6.04 Å². The molecule has 2 aromatic carbocycles. The third kappa shape index (κ3) is 2.22. The fourth-order valence-electron chi connectivity index (χ4n) is 3.66. The van der Waals surface area contributed by atoms with Crippen LogP contribution in [0.3, 0.4) is 0 Å². The van der Waals surface area contributed by atoms with Crippen molar-refractivity contribution in [3.05, 3.63) is 65.0 Å². The number of hydrogen-bond donors (Lipinski definition) is 1. The van der Waals surface area contributed by atoms with Gasteiger partial charge in [-0.1, -0.05) is 30.3 Å². The van der Waals surface area contributed by atoms with Crippen LogP contribution in [0.25, 0.3) is 0 Å². The van der Waals surface area contributed by atoms with Crippen LogP contribution in [-0.4, -0.2) is 13.1 Å². The molecule has 0 saturated carbocycles. The number of fused-ring (bicyclic) bond motifs is 2. The second kappa shape index (κ2) is 5.15. The summed E-state index contributed by atoms with van der Waals surface area (Å²) < 4.78 is 13.6. The van der Waals surface area contributed by atoms with Crippen LogP contribution in [0.2, 0.25) is 0 Å². The Kier molecular flexibility index (Phi) is 3.15. The van der Waals surface area contributed by atoms with Gasteiger partial charge in [-0.05, 0) is 48.2 Å². The summed E-state index contributed by atoms with van der Waals surface area (Å²) in [7, 11) is 0. The summed E-state index contributed by atoms with van der Waals surface area (Å²) in [6, 6.07) is 14.2. The SMILES string of the molecule is Fc1ccc2c(c1)N(C1CCNCc3ccccc31)CC2. The summed E-state index contributed by atoms with van der Waals surface area (Å²) in [5.74, 6) is -0.138. The maximum absolute atomic E-state index is 13.6. The molecule has 1 N–H and O–H groups in total. The molecule has 21 heavy (non-hydrogen) atoms. The summed E-state index contributed by atoms with van der Waals surface area (Å²) in [5, 5.41) is 3.49. The van der Waals surface area contributed by atoms with E-state index in [1.807, 2.05) is 6.07 Å². The van der Waals surface area contributed by atoms with Gasteiger partial charge in [0.05, 0.1) is 6.04 Å². The lowest BCUT2D eigenvalue weighted by Gasteiger charge is -2.31. The van der Waals surface area contributed by atoms with Gasteiger partial charge in [0.25, 0.3) is 0 Å². The van der Waals surface area contributed by atoms with Crippen LogP contribution in [0.1, 0.15) is 29.2 Å². The highest BCUT2D eigenvalue weighted by atomic mass is 19.1. The number of benzene rings is 2. The topological polar surface area (TPSA) is 15.3 Å². The minimum absolute atomic E-state index is 0.138. The Balaban J connectivity index is 1.77. The number of nitrogens with zero attached hydrogens (tertiary/aromatic N) is 1. The number of halogens is 1. The standard InChI is InChI=1S/C18H19FN2/c19-15-6-5-13-8-10-21(18(13)11-15)17-7-9-20-12-14-3-1-2-4-16(14)17/h1-6,11,17,20H,7-10,12H2. The van der Waals surface area contributed by atoms with E-state index in [9.17, 15) is 4.39 Å². The van der Waals surface area contributed by atoms with Gasteiger partial charge >= 0.3 is 0 Å². The second-order valence-corrected chi connectivity index (χ2v) is 5.90. The van der Waals surface area contributed by atoms with Crippen molar-refractivity contribution in [2.24, 2.45) is 0 Å². The minimum Gasteiger partial charge on any atom is -0.364 e. The van der Waals surface area contributed by atoms with Gasteiger partial charge in [-0.3, -0.25) is 0 Å². The lowest BCUT2D eigenvalue weighted by atomic mass is 9.98. The molecular weight excluding hydrogens is 263 g/mol. The van der Waals surface area contributed by atoms with Gasteiger partial charge in [-0.2, -0.15) is 0 Å². The summed E-state index contributed by atoms with van der Waals surface area (Å²) in [6.07, 6.45) is 2.08. The van der Waals surface area contributed by atoms with E-state index < -0.39 is 0 Å². The molecule has 108 valence electrons. The van der Waals surface area contributed by atoms with Crippen molar-refractivity contribution in [2.45, 2.75) is 25.4 Å². The third-order valence-electron chi connectivity index (χ3n) is 4.68. The lowest BCUT2D eigenvalue weighted by Crippen LogP contribution is -2.28. The average molecular weight is 282 g/mol. The predicted molar refractivity (Wildman–Crippen MR) is 83.0 cm³/mol. The number of anilines is 1. The first kappa shape index (κ1) is 12.8. The Hall–Kier alpha value is -1.87. The Morgan fingerprint density at radius 3 is 2.95 bits per heavy atom.